The molecule has 0 spiro atoms. The Bertz CT molecular complexity index is 1790. The summed E-state index contributed by atoms with van der Waals surface area (Å²) in [5, 5.41) is 69.6. The van der Waals surface area contributed by atoms with Crippen LogP contribution in [0.4, 0.5) is 5.82 Å². The lowest BCUT2D eigenvalue weighted by Gasteiger charge is -2.24. The lowest BCUT2D eigenvalue weighted by Crippen LogP contribution is -2.26. The molecule has 1 aliphatic rings. The fourth-order valence-corrected chi connectivity index (χ4v) is 4.30. The molecule has 0 amide bonds. The lowest BCUT2D eigenvalue weighted by atomic mass is 9.97. The molecule has 0 radical (unpaired) electrons. The highest BCUT2D eigenvalue weighted by Crippen LogP contribution is 2.46. The van der Waals surface area contributed by atoms with Crippen molar-refractivity contribution in [1.82, 2.24) is 9.78 Å². The number of nitrogens with one attached hydrogen (secondary N) is 1. The Morgan fingerprint density at radius 1 is 1.15 bits per heavy atom. The summed E-state index contributed by atoms with van der Waals surface area (Å²) in [6.45, 7) is 1.62. The van der Waals surface area contributed by atoms with Gasteiger partial charge in [0.15, 0.2) is 28.9 Å². The van der Waals surface area contributed by atoms with Gasteiger partial charge in [0.2, 0.25) is 11.2 Å². The van der Waals surface area contributed by atoms with Gasteiger partial charge in [0.05, 0.1) is 29.5 Å². The summed E-state index contributed by atoms with van der Waals surface area (Å²) in [7, 11) is 0. The molecule has 0 bridgehead atoms. The highest BCUT2D eigenvalue weighted by atomic mass is 16.6. The van der Waals surface area contributed by atoms with Gasteiger partial charge in [0.1, 0.15) is 28.3 Å². The molecule has 200 valence electrons. The summed E-state index contributed by atoms with van der Waals surface area (Å²) in [6.07, 6.45) is 2.05. The topological polar surface area (TPSA) is 231 Å². The minimum atomic E-state index is -1.61. The molecule has 15 nitrogen and oxygen atoms in total. The number of phenolic OH excluding ortho intramolecular Hbond substituents is 4. The average Bonchev–Trinajstić information content (AvgIpc) is 3.32. The van der Waals surface area contributed by atoms with Gasteiger partial charge >= 0.3 is 5.97 Å². The van der Waals surface area contributed by atoms with Crippen LogP contribution in [-0.2, 0) is 4.74 Å². The van der Waals surface area contributed by atoms with Crippen LogP contribution in [0.1, 0.15) is 28.9 Å². The molecule has 3 heterocycles. The molecule has 0 saturated carbocycles. The zero-order valence-electron chi connectivity index (χ0n) is 19.8. The van der Waals surface area contributed by atoms with Crippen LogP contribution in [0.25, 0.3) is 22.3 Å². The van der Waals surface area contributed by atoms with Gasteiger partial charge < -0.3 is 40.0 Å². The maximum atomic E-state index is 13.2. The first-order valence-corrected chi connectivity index (χ1v) is 11.2. The molecule has 1 atom stereocenters. The number of hydrogen-bond acceptors (Lipinski definition) is 13. The van der Waals surface area contributed by atoms with Crippen LogP contribution in [0.2, 0.25) is 0 Å². The number of nitro groups is 1. The molecule has 1 aliphatic heterocycles. The highest BCUT2D eigenvalue weighted by Gasteiger charge is 2.41. The third-order valence-electron chi connectivity index (χ3n) is 6.03. The molecule has 4 aromatic rings. The van der Waals surface area contributed by atoms with Gasteiger partial charge in [-0.2, -0.15) is 5.10 Å². The van der Waals surface area contributed by atoms with Crippen LogP contribution < -0.4 is 10.7 Å². The second kappa shape index (κ2) is 8.98. The van der Waals surface area contributed by atoms with Crippen molar-refractivity contribution in [1.29, 1.82) is 0 Å². The summed E-state index contributed by atoms with van der Waals surface area (Å²) in [5.41, 5.74) is -2.89. The highest BCUT2D eigenvalue weighted by molar-refractivity contribution is 5.95. The predicted molar refractivity (Wildman–Crippen MR) is 131 cm³/mol. The van der Waals surface area contributed by atoms with Crippen LogP contribution in [-0.4, -0.2) is 52.8 Å². The third-order valence-corrected chi connectivity index (χ3v) is 6.03. The van der Waals surface area contributed by atoms with Crippen LogP contribution in [0.5, 0.6) is 28.7 Å². The van der Waals surface area contributed by atoms with Crippen LogP contribution in [0.3, 0.4) is 0 Å². The van der Waals surface area contributed by atoms with E-state index < -0.39 is 79.1 Å². The number of aromatic nitrogens is 2. The summed E-state index contributed by atoms with van der Waals surface area (Å²) < 4.78 is 11.8. The van der Waals surface area contributed by atoms with E-state index in [-0.39, 0.29) is 23.6 Å². The molecule has 39 heavy (non-hydrogen) atoms. The first kappa shape index (κ1) is 24.9. The summed E-state index contributed by atoms with van der Waals surface area (Å²) in [5.74, 6) is -5.00. The van der Waals surface area contributed by atoms with E-state index in [1.165, 1.54) is 6.07 Å². The van der Waals surface area contributed by atoms with Crippen LogP contribution in [0, 0.1) is 10.1 Å². The zero-order valence-corrected chi connectivity index (χ0v) is 19.8. The second-order valence-electron chi connectivity index (χ2n) is 8.29. The number of nitrogens with zero attached hydrogens (tertiary/aromatic N) is 3. The lowest BCUT2D eigenvalue weighted by molar-refractivity contribution is -0.431. The van der Waals surface area contributed by atoms with E-state index in [4.69, 9.17) is 9.15 Å². The monoisotopic (exact) mass is 538 g/mol. The van der Waals surface area contributed by atoms with Gasteiger partial charge in [0, 0.05) is 11.6 Å². The molecule has 2 aromatic heterocycles. The Balaban J connectivity index is 1.85. The number of anilines is 1. The quantitative estimate of drug-likeness (QED) is 0.0929. The van der Waals surface area contributed by atoms with Gasteiger partial charge in [-0.15, -0.1) is 0 Å². The number of carbonyl (C=O) groups is 1. The smallest absolute Gasteiger partial charge is 0.343 e. The number of hydrogen-bond donors (Lipinski definition) is 6. The van der Waals surface area contributed by atoms with Crippen molar-refractivity contribution in [3.8, 4) is 40.1 Å². The molecule has 6 N–H and O–H groups in total. The van der Waals surface area contributed by atoms with Crippen molar-refractivity contribution in [3.05, 3.63) is 73.8 Å². The van der Waals surface area contributed by atoms with Crippen molar-refractivity contribution in [3.63, 3.8) is 0 Å². The predicted octanol–water partition coefficient (Wildman–Crippen LogP) is 2.49. The van der Waals surface area contributed by atoms with E-state index in [1.54, 1.807) is 6.92 Å². The first-order valence-electron chi connectivity index (χ1n) is 11.2. The Kier molecular flexibility index (Phi) is 5.74. The average molecular weight is 538 g/mol. The van der Waals surface area contributed by atoms with Gasteiger partial charge in [-0.25, -0.2) is 9.48 Å². The number of allylic oxidation sites excluding steroid dienone is 1. The normalized spacial score (nSPS) is 14.4. The van der Waals surface area contributed by atoms with Crippen LogP contribution >= 0.6 is 0 Å². The van der Waals surface area contributed by atoms with Gasteiger partial charge in [-0.3, -0.25) is 14.9 Å². The number of fused-ring (bicyclic) bond motifs is 2. The summed E-state index contributed by atoms with van der Waals surface area (Å²) in [4.78, 5) is 36.8. The van der Waals surface area contributed by atoms with E-state index in [2.05, 4.69) is 10.4 Å². The summed E-state index contributed by atoms with van der Waals surface area (Å²) in [6, 6.07) is 2.37. The summed E-state index contributed by atoms with van der Waals surface area (Å²) >= 11 is 0. The van der Waals surface area contributed by atoms with E-state index in [0.29, 0.717) is 0 Å². The fraction of sp³-hybridized carbons (Fsp3) is 0.125. The van der Waals surface area contributed by atoms with E-state index in [0.717, 1.165) is 35.3 Å². The minimum absolute atomic E-state index is 0.0329. The van der Waals surface area contributed by atoms with Crippen molar-refractivity contribution >= 4 is 22.8 Å². The Labute approximate surface area is 216 Å². The molecule has 0 saturated heterocycles. The molecule has 2 aromatic carbocycles. The Morgan fingerprint density at radius 3 is 2.56 bits per heavy atom. The van der Waals surface area contributed by atoms with Crippen molar-refractivity contribution in [2.24, 2.45) is 0 Å². The second-order valence-corrected chi connectivity index (χ2v) is 8.29. The number of esters is 1. The van der Waals surface area contributed by atoms with Crippen molar-refractivity contribution < 1.29 is 44.4 Å². The van der Waals surface area contributed by atoms with Crippen LogP contribution in [0.15, 0.2) is 51.6 Å². The number of carbonyl (C=O) groups excluding carboxylic acids is 1. The molecule has 5 rings (SSSR count). The number of aromatic hydroxyl groups is 5. The number of ether oxygens (including phenoxy) is 1. The molecule has 0 aliphatic carbocycles. The van der Waals surface area contributed by atoms with E-state index in [1.807, 2.05) is 0 Å². The Hall–Kier alpha value is -5.73. The fourth-order valence-electron chi connectivity index (χ4n) is 4.30. The molecule has 15 heteroatoms. The standard InChI is InChI=1S/C24H18N4O11/c1-2-38-24(35)10-7-26-27-18(11(28(36)37)8-25-23(10)27)16-14(31)6-15(32)17-19(33)20(34)21(39-22(16)17)9-3-4-12(29)13(30)5-9/h3-8,18,25,29-32,34H,2H2,1H3. The number of benzene rings is 2. The van der Waals surface area contributed by atoms with Crippen molar-refractivity contribution in [2.45, 2.75) is 13.0 Å². The maximum Gasteiger partial charge on any atom is 0.343 e. The third kappa shape index (κ3) is 3.79. The molecular weight excluding hydrogens is 520 g/mol. The number of phenols is 4. The largest absolute Gasteiger partial charge is 0.507 e. The van der Waals surface area contributed by atoms with Gasteiger partial charge in [0.25, 0.3) is 5.70 Å². The zero-order chi connectivity index (χ0) is 28.2. The Morgan fingerprint density at radius 2 is 1.90 bits per heavy atom. The number of rotatable bonds is 5. The SMILES string of the molecule is CCOC(=O)c1cnn2c1NC=C([N+](=O)[O-])C2c1c(O)cc(O)c2c(=O)c(O)c(-c3ccc(O)c(O)c3)oc12. The molecule has 0 fully saturated rings. The first-order chi connectivity index (χ1) is 18.5. The molecular formula is C24H18N4O11. The van der Waals surface area contributed by atoms with E-state index >= 15 is 0 Å². The van der Waals surface area contributed by atoms with Crippen molar-refractivity contribution in [2.75, 3.05) is 11.9 Å². The van der Waals surface area contributed by atoms with Gasteiger partial charge in [-0.05, 0) is 25.1 Å². The maximum absolute atomic E-state index is 13.2. The van der Waals surface area contributed by atoms with E-state index in [9.17, 15) is 45.2 Å². The molecule has 1 unspecified atom stereocenters. The minimum Gasteiger partial charge on any atom is -0.507 e. The van der Waals surface area contributed by atoms with Gasteiger partial charge in [-0.1, -0.05) is 0 Å².